The van der Waals surface area contributed by atoms with E-state index in [1.54, 1.807) is 31.2 Å². The Morgan fingerprint density at radius 1 is 1.15 bits per heavy atom. The van der Waals surface area contributed by atoms with Crippen LogP contribution in [0.15, 0.2) is 24.3 Å². The molecule has 4 nitrogen and oxygen atoms in total. The summed E-state index contributed by atoms with van der Waals surface area (Å²) in [6.07, 6.45) is 8.05. The monoisotopic (exact) mass is 419 g/mol. The molecule has 140 valence electrons. The van der Waals surface area contributed by atoms with Crippen LogP contribution < -0.4 is 5.32 Å². The summed E-state index contributed by atoms with van der Waals surface area (Å²) in [5, 5.41) is 3.02. The number of halogens is 1. The number of benzene rings is 1. The molecule has 0 aliphatic heterocycles. The zero-order chi connectivity index (χ0) is 18.4. The van der Waals surface area contributed by atoms with Crippen LogP contribution in [0.1, 0.15) is 62.2 Å². The maximum Gasteiger partial charge on any atom is 0.338 e. The first-order chi connectivity index (χ1) is 12.4. The largest absolute Gasteiger partial charge is 0.462 e. The molecule has 1 aromatic rings. The molecular formula is C21H26BrNO3. The van der Waals surface area contributed by atoms with E-state index in [4.69, 9.17) is 4.74 Å². The van der Waals surface area contributed by atoms with Crippen molar-refractivity contribution in [1.82, 2.24) is 0 Å². The van der Waals surface area contributed by atoms with Crippen LogP contribution in [0.3, 0.4) is 0 Å². The van der Waals surface area contributed by atoms with Gasteiger partial charge in [0.15, 0.2) is 0 Å². The molecule has 4 aliphatic carbocycles. The van der Waals surface area contributed by atoms with E-state index in [0.717, 1.165) is 23.9 Å². The van der Waals surface area contributed by atoms with Crippen LogP contribution in [0.5, 0.6) is 0 Å². The van der Waals surface area contributed by atoms with Crippen LogP contribution in [-0.2, 0) is 9.53 Å². The molecule has 5 heteroatoms. The summed E-state index contributed by atoms with van der Waals surface area (Å²) >= 11 is 4.01. The first kappa shape index (κ1) is 18.0. The van der Waals surface area contributed by atoms with Crippen molar-refractivity contribution in [1.29, 1.82) is 0 Å². The normalized spacial score (nSPS) is 34.5. The summed E-state index contributed by atoms with van der Waals surface area (Å²) in [6, 6.07) is 6.95. The van der Waals surface area contributed by atoms with Gasteiger partial charge in [-0.05, 0) is 87.0 Å². The molecule has 5 rings (SSSR count). The summed E-state index contributed by atoms with van der Waals surface area (Å²) in [4.78, 5) is 24.4. The van der Waals surface area contributed by atoms with Crippen molar-refractivity contribution in [2.45, 2.75) is 56.2 Å². The van der Waals surface area contributed by atoms with Crippen LogP contribution in [0, 0.1) is 17.3 Å². The SMILES string of the molecule is CCOC(=O)c1ccc(NC(=O)CC23C[C@H]4C[C@@H](CC(Br)(C4)C2)C3)cc1. The molecule has 1 amide bonds. The lowest BCUT2D eigenvalue weighted by molar-refractivity contribution is -0.123. The van der Waals surface area contributed by atoms with Crippen molar-refractivity contribution < 1.29 is 14.3 Å². The highest BCUT2D eigenvalue weighted by Gasteiger charge is 2.57. The second-order valence-electron chi connectivity index (χ2n) is 8.63. The highest BCUT2D eigenvalue weighted by molar-refractivity contribution is 9.10. The Bertz CT molecular complexity index is 700. The summed E-state index contributed by atoms with van der Waals surface area (Å²) in [5.41, 5.74) is 1.41. The Morgan fingerprint density at radius 2 is 1.81 bits per heavy atom. The van der Waals surface area contributed by atoms with E-state index in [2.05, 4.69) is 21.2 Å². The third kappa shape index (κ3) is 3.55. The van der Waals surface area contributed by atoms with Crippen LogP contribution in [0.25, 0.3) is 0 Å². The Morgan fingerprint density at radius 3 is 2.38 bits per heavy atom. The number of nitrogens with one attached hydrogen (secondary N) is 1. The van der Waals surface area contributed by atoms with Gasteiger partial charge in [0.1, 0.15) is 0 Å². The van der Waals surface area contributed by atoms with Gasteiger partial charge in [-0.2, -0.15) is 0 Å². The van der Waals surface area contributed by atoms with Gasteiger partial charge in [-0.1, -0.05) is 15.9 Å². The molecule has 4 fully saturated rings. The topological polar surface area (TPSA) is 55.4 Å². The molecular weight excluding hydrogens is 394 g/mol. The van der Waals surface area contributed by atoms with Crippen LogP contribution in [0.4, 0.5) is 5.69 Å². The number of hydrogen-bond acceptors (Lipinski definition) is 3. The summed E-state index contributed by atoms with van der Waals surface area (Å²) in [5.74, 6) is 1.33. The molecule has 0 radical (unpaired) electrons. The molecule has 1 aromatic carbocycles. The van der Waals surface area contributed by atoms with E-state index in [1.807, 2.05) is 0 Å². The van der Waals surface area contributed by atoms with Crippen LogP contribution >= 0.6 is 15.9 Å². The standard InChI is InChI=1S/C21H26BrNO3/c1-2-26-19(25)16-3-5-17(6-4-16)23-18(24)12-20-8-14-7-15(9-20)11-21(22,10-14)13-20/h3-6,14-15H,2,7-13H2,1H3,(H,23,24)/t14-,15-,20?,21?/m1/s1. The number of amides is 1. The number of ether oxygens (including phenoxy) is 1. The fourth-order valence-corrected chi connectivity index (χ4v) is 7.50. The van der Waals surface area contributed by atoms with E-state index in [1.165, 1.54) is 32.1 Å². The van der Waals surface area contributed by atoms with Crippen LogP contribution in [0.2, 0.25) is 0 Å². The Balaban J connectivity index is 1.39. The number of carbonyl (C=O) groups is 2. The van der Waals surface area contributed by atoms with Crippen LogP contribution in [-0.4, -0.2) is 22.8 Å². The first-order valence-corrected chi connectivity index (χ1v) is 10.4. The number of carbonyl (C=O) groups excluding carboxylic acids is 2. The van der Waals surface area contributed by atoms with Gasteiger partial charge in [-0.25, -0.2) is 4.79 Å². The van der Waals surface area contributed by atoms with Gasteiger partial charge in [0, 0.05) is 16.4 Å². The zero-order valence-electron chi connectivity index (χ0n) is 15.2. The molecule has 2 atom stereocenters. The highest BCUT2D eigenvalue weighted by atomic mass is 79.9. The van der Waals surface area contributed by atoms with E-state index in [0.29, 0.717) is 18.6 Å². The predicted octanol–water partition coefficient (Wildman–Crippen LogP) is 4.93. The molecule has 0 aromatic heterocycles. The number of rotatable bonds is 5. The van der Waals surface area contributed by atoms with E-state index in [-0.39, 0.29) is 21.6 Å². The molecule has 4 bridgehead atoms. The lowest BCUT2D eigenvalue weighted by Gasteiger charge is -2.60. The Labute approximate surface area is 163 Å². The van der Waals surface area contributed by atoms with Crippen molar-refractivity contribution in [2.75, 3.05) is 11.9 Å². The first-order valence-electron chi connectivity index (χ1n) is 9.65. The van der Waals surface area contributed by atoms with Gasteiger partial charge >= 0.3 is 5.97 Å². The third-order valence-corrected chi connectivity index (χ3v) is 7.25. The maximum atomic E-state index is 12.7. The lowest BCUT2D eigenvalue weighted by atomic mass is 9.48. The van der Waals surface area contributed by atoms with Crippen molar-refractivity contribution in [3.05, 3.63) is 29.8 Å². The van der Waals surface area contributed by atoms with Gasteiger partial charge in [-0.3, -0.25) is 4.79 Å². The van der Waals surface area contributed by atoms with Gasteiger partial charge in [-0.15, -0.1) is 0 Å². The van der Waals surface area contributed by atoms with E-state index < -0.39 is 0 Å². The minimum absolute atomic E-state index is 0.0898. The molecule has 1 N–H and O–H groups in total. The molecule has 0 unspecified atom stereocenters. The maximum absolute atomic E-state index is 12.7. The van der Waals surface area contributed by atoms with Gasteiger partial charge in [0.25, 0.3) is 0 Å². The average Bonchev–Trinajstić information content (AvgIpc) is 2.52. The smallest absolute Gasteiger partial charge is 0.338 e. The predicted molar refractivity (Wildman–Crippen MR) is 104 cm³/mol. The zero-order valence-corrected chi connectivity index (χ0v) is 16.8. The van der Waals surface area contributed by atoms with E-state index in [9.17, 15) is 9.59 Å². The molecule has 26 heavy (non-hydrogen) atoms. The number of hydrogen-bond donors (Lipinski definition) is 1. The molecule has 0 saturated heterocycles. The summed E-state index contributed by atoms with van der Waals surface area (Å²) < 4.78 is 5.26. The van der Waals surface area contributed by atoms with Gasteiger partial charge in [0.2, 0.25) is 5.91 Å². The number of esters is 1. The quantitative estimate of drug-likeness (QED) is 0.543. The van der Waals surface area contributed by atoms with Crippen molar-refractivity contribution >= 4 is 33.5 Å². The highest BCUT2D eigenvalue weighted by Crippen LogP contribution is 2.65. The second-order valence-corrected chi connectivity index (χ2v) is 10.3. The minimum atomic E-state index is -0.332. The minimum Gasteiger partial charge on any atom is -0.462 e. The van der Waals surface area contributed by atoms with Crippen molar-refractivity contribution in [3.8, 4) is 0 Å². The summed E-state index contributed by atoms with van der Waals surface area (Å²) in [6.45, 7) is 2.14. The molecule has 0 heterocycles. The van der Waals surface area contributed by atoms with Crippen molar-refractivity contribution in [2.24, 2.45) is 17.3 Å². The average molecular weight is 420 g/mol. The lowest BCUT2D eigenvalue weighted by Crippen LogP contribution is -2.53. The van der Waals surface area contributed by atoms with Crippen molar-refractivity contribution in [3.63, 3.8) is 0 Å². The van der Waals surface area contributed by atoms with Gasteiger partial charge < -0.3 is 10.1 Å². The van der Waals surface area contributed by atoms with Gasteiger partial charge in [0.05, 0.1) is 12.2 Å². The second kappa shape index (κ2) is 6.66. The Kier molecular flexibility index (Phi) is 4.62. The molecule has 4 aliphatic rings. The third-order valence-electron chi connectivity index (χ3n) is 6.33. The fraction of sp³-hybridized carbons (Fsp3) is 0.619. The molecule has 0 spiro atoms. The van der Waals surface area contributed by atoms with E-state index >= 15 is 0 Å². The number of alkyl halides is 1. The fourth-order valence-electron chi connectivity index (χ4n) is 5.99. The summed E-state index contributed by atoms with van der Waals surface area (Å²) in [7, 11) is 0. The number of anilines is 1. The Hall–Kier alpha value is -1.36. The molecule has 4 saturated carbocycles.